The number of benzene rings is 2. The third kappa shape index (κ3) is 4.34. The molecule has 6 nitrogen and oxygen atoms in total. The van der Waals surface area contributed by atoms with Crippen LogP contribution in [-0.4, -0.2) is 33.1 Å². The minimum Gasteiger partial charge on any atom is -0.493 e. The van der Waals surface area contributed by atoms with Crippen LogP contribution >= 0.6 is 0 Å². The maximum atomic E-state index is 12.3. The summed E-state index contributed by atoms with van der Waals surface area (Å²) >= 11 is 0. The van der Waals surface area contributed by atoms with Crippen LogP contribution in [0.5, 0.6) is 17.2 Å². The number of hydrogen-bond donors (Lipinski definition) is 1. The molecule has 0 aromatic heterocycles. The van der Waals surface area contributed by atoms with Gasteiger partial charge in [0.15, 0.2) is 11.5 Å². The lowest BCUT2D eigenvalue weighted by atomic mass is 10.1. The predicted octanol–water partition coefficient (Wildman–Crippen LogP) is 3.52. The van der Waals surface area contributed by atoms with Crippen molar-refractivity contribution >= 4 is 17.8 Å². The van der Waals surface area contributed by atoms with E-state index < -0.39 is 0 Å². The van der Waals surface area contributed by atoms with Crippen LogP contribution in [0.1, 0.15) is 23.1 Å². The van der Waals surface area contributed by atoms with Crippen LogP contribution in [0.4, 0.5) is 0 Å². The molecule has 0 bridgehead atoms. The molecule has 0 fully saturated rings. The van der Waals surface area contributed by atoms with Crippen molar-refractivity contribution in [3.63, 3.8) is 0 Å². The van der Waals surface area contributed by atoms with Crippen LogP contribution < -0.4 is 19.5 Å². The lowest BCUT2D eigenvalue weighted by Crippen LogP contribution is -2.24. The highest BCUT2D eigenvalue weighted by Crippen LogP contribution is 2.38. The summed E-state index contributed by atoms with van der Waals surface area (Å²) in [7, 11) is 4.66. The molecular weight excluding hydrogens is 356 g/mol. The summed E-state index contributed by atoms with van der Waals surface area (Å²) in [4.78, 5) is 16.8. The van der Waals surface area contributed by atoms with Crippen molar-refractivity contribution in [1.29, 1.82) is 0 Å². The van der Waals surface area contributed by atoms with Gasteiger partial charge in [-0.3, -0.25) is 4.79 Å². The van der Waals surface area contributed by atoms with Gasteiger partial charge in [-0.15, -0.1) is 0 Å². The van der Waals surface area contributed by atoms with E-state index in [0.717, 1.165) is 12.0 Å². The molecule has 0 saturated carbocycles. The second kappa shape index (κ2) is 8.61. The van der Waals surface area contributed by atoms with Gasteiger partial charge in [0, 0.05) is 6.42 Å². The topological polar surface area (TPSA) is 69.2 Å². The normalized spacial score (nSPS) is 14.6. The van der Waals surface area contributed by atoms with E-state index in [2.05, 4.69) is 35.4 Å². The molecule has 0 atom stereocenters. The van der Waals surface area contributed by atoms with Crippen molar-refractivity contribution in [2.24, 2.45) is 4.99 Å². The smallest absolute Gasteiger partial charge is 0.275 e. The van der Waals surface area contributed by atoms with Gasteiger partial charge in [-0.2, -0.15) is 0 Å². The third-order valence-electron chi connectivity index (χ3n) is 4.47. The number of methoxy groups -OCH3 is 3. The first-order valence-electron chi connectivity index (χ1n) is 9.00. The van der Waals surface area contributed by atoms with Gasteiger partial charge in [-0.1, -0.05) is 29.8 Å². The Morgan fingerprint density at radius 1 is 1.00 bits per heavy atom. The number of hydrogen-bond acceptors (Lipinski definition) is 5. The number of aryl methyl sites for hydroxylation is 2. The number of amidine groups is 1. The average Bonchev–Trinajstić information content (AvgIpc) is 3.04. The Labute approximate surface area is 164 Å². The highest BCUT2D eigenvalue weighted by Gasteiger charge is 2.20. The van der Waals surface area contributed by atoms with E-state index in [0.29, 0.717) is 35.2 Å². The lowest BCUT2D eigenvalue weighted by Gasteiger charge is -2.12. The fraction of sp³-hybridized carbons (Fsp3) is 0.273. The zero-order valence-electron chi connectivity index (χ0n) is 16.5. The van der Waals surface area contributed by atoms with Crippen molar-refractivity contribution in [3.05, 3.63) is 58.8 Å². The van der Waals surface area contributed by atoms with Crippen molar-refractivity contribution in [1.82, 2.24) is 5.32 Å². The minimum absolute atomic E-state index is 0.215. The predicted molar refractivity (Wildman–Crippen MR) is 109 cm³/mol. The van der Waals surface area contributed by atoms with Crippen LogP contribution in [0.2, 0.25) is 0 Å². The van der Waals surface area contributed by atoms with Gasteiger partial charge in [0.2, 0.25) is 5.75 Å². The molecule has 1 aliphatic rings. The van der Waals surface area contributed by atoms with Gasteiger partial charge in [0.25, 0.3) is 5.91 Å². The molecule has 2 aromatic rings. The van der Waals surface area contributed by atoms with Gasteiger partial charge in [-0.05, 0) is 42.7 Å². The number of nitrogens with zero attached hydrogens (tertiary/aromatic N) is 1. The van der Waals surface area contributed by atoms with Gasteiger partial charge in [0.1, 0.15) is 11.5 Å². The summed E-state index contributed by atoms with van der Waals surface area (Å²) in [5.41, 5.74) is 3.54. The number of carbonyl (C=O) groups excluding carboxylic acids is 1. The molecule has 1 amide bonds. The first kappa shape index (κ1) is 19.5. The number of rotatable bonds is 7. The SMILES string of the molecule is COc1cc(/C=C2/N=C(CCc3cccc(C)c3)NC2=O)cc(OC)c1OC. The maximum Gasteiger partial charge on any atom is 0.275 e. The molecule has 0 radical (unpaired) electrons. The fourth-order valence-electron chi connectivity index (χ4n) is 3.11. The zero-order valence-corrected chi connectivity index (χ0v) is 16.5. The number of carbonyl (C=O) groups is 1. The van der Waals surface area contributed by atoms with Crippen LogP contribution in [-0.2, 0) is 11.2 Å². The van der Waals surface area contributed by atoms with E-state index in [1.807, 2.05) is 6.07 Å². The van der Waals surface area contributed by atoms with Crippen LogP contribution in [0.15, 0.2) is 47.1 Å². The Balaban J connectivity index is 1.81. The number of nitrogens with one attached hydrogen (secondary N) is 1. The summed E-state index contributed by atoms with van der Waals surface area (Å²) < 4.78 is 16.0. The Morgan fingerprint density at radius 2 is 1.71 bits per heavy atom. The van der Waals surface area contributed by atoms with Crippen molar-refractivity contribution in [3.8, 4) is 17.2 Å². The summed E-state index contributed by atoms with van der Waals surface area (Å²) in [6.45, 7) is 2.07. The summed E-state index contributed by atoms with van der Waals surface area (Å²) in [5.74, 6) is 2.01. The molecule has 2 aromatic carbocycles. The zero-order chi connectivity index (χ0) is 20.1. The Kier molecular flexibility index (Phi) is 5.99. The van der Waals surface area contributed by atoms with Gasteiger partial charge in [-0.25, -0.2) is 4.99 Å². The maximum absolute atomic E-state index is 12.3. The molecule has 1 aliphatic heterocycles. The van der Waals surface area contributed by atoms with Crippen molar-refractivity contribution in [2.45, 2.75) is 19.8 Å². The summed E-state index contributed by atoms with van der Waals surface area (Å²) in [6.07, 6.45) is 3.19. The molecule has 0 aliphatic carbocycles. The Bertz CT molecular complexity index is 922. The van der Waals surface area contributed by atoms with Crippen molar-refractivity contribution < 1.29 is 19.0 Å². The Hall–Kier alpha value is -3.28. The molecule has 1 heterocycles. The van der Waals surface area contributed by atoms with E-state index in [1.54, 1.807) is 39.5 Å². The standard InChI is InChI=1S/C22H24N2O4/c1-14-6-5-7-15(10-14)8-9-20-23-17(22(25)24-20)11-16-12-18(26-2)21(28-4)19(13-16)27-3/h5-7,10-13H,8-9H2,1-4H3,(H,23,24,25)/b17-11+. The highest BCUT2D eigenvalue weighted by molar-refractivity contribution is 6.14. The second-order valence-electron chi connectivity index (χ2n) is 6.49. The lowest BCUT2D eigenvalue weighted by molar-refractivity contribution is -0.115. The molecule has 28 heavy (non-hydrogen) atoms. The molecule has 146 valence electrons. The first-order valence-corrected chi connectivity index (χ1v) is 9.00. The van der Waals surface area contributed by atoms with Crippen molar-refractivity contribution in [2.75, 3.05) is 21.3 Å². The molecule has 0 unspecified atom stereocenters. The van der Waals surface area contributed by atoms with E-state index in [-0.39, 0.29) is 5.91 Å². The third-order valence-corrected chi connectivity index (χ3v) is 4.47. The number of aliphatic imine (C=N–C) groups is 1. The summed E-state index contributed by atoms with van der Waals surface area (Å²) in [6, 6.07) is 11.9. The van der Waals surface area contributed by atoms with Gasteiger partial charge < -0.3 is 19.5 Å². The van der Waals surface area contributed by atoms with E-state index in [9.17, 15) is 4.79 Å². The largest absolute Gasteiger partial charge is 0.493 e. The van der Waals surface area contributed by atoms with Crippen LogP contribution in [0, 0.1) is 6.92 Å². The molecule has 0 saturated heterocycles. The fourth-order valence-corrected chi connectivity index (χ4v) is 3.11. The highest BCUT2D eigenvalue weighted by atomic mass is 16.5. The average molecular weight is 380 g/mol. The second-order valence-corrected chi connectivity index (χ2v) is 6.49. The van der Waals surface area contributed by atoms with E-state index in [1.165, 1.54) is 11.1 Å². The van der Waals surface area contributed by atoms with E-state index >= 15 is 0 Å². The van der Waals surface area contributed by atoms with Crippen LogP contribution in [0.25, 0.3) is 6.08 Å². The molecular formula is C22H24N2O4. The quantitative estimate of drug-likeness (QED) is 0.746. The molecule has 6 heteroatoms. The van der Waals surface area contributed by atoms with E-state index in [4.69, 9.17) is 14.2 Å². The number of amides is 1. The molecule has 3 rings (SSSR count). The monoisotopic (exact) mass is 380 g/mol. The first-order chi connectivity index (χ1) is 13.5. The molecule has 1 N–H and O–H groups in total. The summed E-state index contributed by atoms with van der Waals surface area (Å²) in [5, 5.41) is 2.84. The minimum atomic E-state index is -0.215. The van der Waals surface area contributed by atoms with Gasteiger partial charge >= 0.3 is 0 Å². The van der Waals surface area contributed by atoms with Crippen LogP contribution in [0.3, 0.4) is 0 Å². The van der Waals surface area contributed by atoms with Gasteiger partial charge in [0.05, 0.1) is 21.3 Å². The number of ether oxygens (including phenoxy) is 3. The Morgan fingerprint density at radius 3 is 2.32 bits per heavy atom. The molecule has 0 spiro atoms.